The van der Waals surface area contributed by atoms with Crippen LogP contribution in [-0.4, -0.2) is 17.6 Å². The predicted molar refractivity (Wildman–Crippen MR) is 84.0 cm³/mol. The highest BCUT2D eigenvalue weighted by atomic mass is 16.4. The van der Waals surface area contributed by atoms with Gasteiger partial charge in [0, 0.05) is 18.8 Å². The fourth-order valence-electron chi connectivity index (χ4n) is 2.93. The number of fused-ring (bicyclic) bond motifs is 1. The summed E-state index contributed by atoms with van der Waals surface area (Å²) >= 11 is 0. The van der Waals surface area contributed by atoms with Crippen molar-refractivity contribution >= 4 is 11.7 Å². The van der Waals surface area contributed by atoms with Gasteiger partial charge in [-0.2, -0.15) is 0 Å². The van der Waals surface area contributed by atoms with Crippen molar-refractivity contribution in [2.75, 3.05) is 11.4 Å². The molecule has 0 bridgehead atoms. The summed E-state index contributed by atoms with van der Waals surface area (Å²) in [5.74, 6) is -0.869. The number of carboxylic acid groups (broad SMARTS) is 1. The second-order valence-corrected chi connectivity index (χ2v) is 5.49. The summed E-state index contributed by atoms with van der Waals surface area (Å²) < 4.78 is 0. The van der Waals surface area contributed by atoms with Gasteiger partial charge < -0.3 is 10.0 Å². The monoisotopic (exact) mass is 281 g/mol. The Bertz CT molecular complexity index is 679. The van der Waals surface area contributed by atoms with Crippen molar-refractivity contribution in [2.45, 2.75) is 26.3 Å². The second-order valence-electron chi connectivity index (χ2n) is 5.49. The summed E-state index contributed by atoms with van der Waals surface area (Å²) in [7, 11) is 0. The molecule has 0 radical (unpaired) electrons. The maximum Gasteiger partial charge on any atom is 0.335 e. The number of hydrogen-bond acceptors (Lipinski definition) is 2. The van der Waals surface area contributed by atoms with E-state index in [9.17, 15) is 4.79 Å². The molecule has 0 aromatic heterocycles. The normalized spacial score (nSPS) is 13.3. The van der Waals surface area contributed by atoms with Crippen LogP contribution in [0.4, 0.5) is 5.69 Å². The van der Waals surface area contributed by atoms with Gasteiger partial charge in [-0.1, -0.05) is 31.2 Å². The first kappa shape index (κ1) is 13.7. The molecule has 3 heteroatoms. The molecule has 0 atom stereocenters. The van der Waals surface area contributed by atoms with Gasteiger partial charge in [-0.05, 0) is 47.7 Å². The molecule has 0 fully saturated rings. The van der Waals surface area contributed by atoms with Crippen molar-refractivity contribution in [1.82, 2.24) is 0 Å². The Morgan fingerprint density at radius 3 is 2.81 bits per heavy atom. The number of aryl methyl sites for hydroxylation is 1. The Morgan fingerprint density at radius 1 is 1.19 bits per heavy atom. The number of carboxylic acids is 1. The minimum Gasteiger partial charge on any atom is -0.478 e. The van der Waals surface area contributed by atoms with Crippen LogP contribution in [-0.2, 0) is 19.4 Å². The number of anilines is 1. The molecule has 0 spiro atoms. The quantitative estimate of drug-likeness (QED) is 0.932. The highest BCUT2D eigenvalue weighted by molar-refractivity contribution is 5.87. The van der Waals surface area contributed by atoms with Crippen molar-refractivity contribution in [3.63, 3.8) is 0 Å². The SMILES string of the molecule is CCc1ccc2c(c1)CCN2Cc1cccc(C(=O)O)c1. The van der Waals surface area contributed by atoms with Gasteiger partial charge in [-0.25, -0.2) is 4.79 Å². The minimum atomic E-state index is -0.869. The molecule has 0 saturated carbocycles. The van der Waals surface area contributed by atoms with Crippen molar-refractivity contribution < 1.29 is 9.90 Å². The van der Waals surface area contributed by atoms with Crippen LogP contribution >= 0.6 is 0 Å². The topological polar surface area (TPSA) is 40.5 Å². The van der Waals surface area contributed by atoms with Crippen molar-refractivity contribution in [1.29, 1.82) is 0 Å². The van der Waals surface area contributed by atoms with Gasteiger partial charge in [-0.3, -0.25) is 0 Å². The fraction of sp³-hybridized carbons (Fsp3) is 0.278. The molecular formula is C18H19NO2. The third-order valence-electron chi connectivity index (χ3n) is 4.09. The number of carbonyl (C=O) groups is 1. The highest BCUT2D eigenvalue weighted by Crippen LogP contribution is 2.30. The fourth-order valence-corrected chi connectivity index (χ4v) is 2.93. The summed E-state index contributed by atoms with van der Waals surface area (Å²) in [6.45, 7) is 3.94. The Labute approximate surface area is 124 Å². The summed E-state index contributed by atoms with van der Waals surface area (Å²) in [4.78, 5) is 13.4. The van der Waals surface area contributed by atoms with Gasteiger partial charge in [-0.15, -0.1) is 0 Å². The third-order valence-corrected chi connectivity index (χ3v) is 4.09. The van der Waals surface area contributed by atoms with E-state index >= 15 is 0 Å². The van der Waals surface area contributed by atoms with E-state index in [-0.39, 0.29) is 0 Å². The van der Waals surface area contributed by atoms with E-state index in [2.05, 4.69) is 30.0 Å². The number of aromatic carboxylic acids is 1. The molecule has 3 nitrogen and oxygen atoms in total. The van der Waals surface area contributed by atoms with Gasteiger partial charge >= 0.3 is 5.97 Å². The molecule has 1 N–H and O–H groups in total. The van der Waals surface area contributed by atoms with Gasteiger partial charge in [0.2, 0.25) is 0 Å². The predicted octanol–water partition coefficient (Wildman–Crippen LogP) is 3.51. The van der Waals surface area contributed by atoms with E-state index < -0.39 is 5.97 Å². The summed E-state index contributed by atoms with van der Waals surface area (Å²) in [6.07, 6.45) is 2.13. The molecule has 0 unspecified atom stereocenters. The molecule has 1 heterocycles. The first-order valence-corrected chi connectivity index (χ1v) is 7.36. The number of nitrogens with zero attached hydrogens (tertiary/aromatic N) is 1. The molecule has 3 rings (SSSR count). The Kier molecular flexibility index (Phi) is 3.65. The second kappa shape index (κ2) is 5.60. The molecule has 1 aliphatic heterocycles. The van der Waals surface area contributed by atoms with Gasteiger partial charge in [0.05, 0.1) is 5.56 Å². The average Bonchev–Trinajstić information content (AvgIpc) is 2.89. The lowest BCUT2D eigenvalue weighted by Crippen LogP contribution is -2.19. The van der Waals surface area contributed by atoms with E-state index in [4.69, 9.17) is 5.11 Å². The largest absolute Gasteiger partial charge is 0.478 e. The first-order chi connectivity index (χ1) is 10.2. The van der Waals surface area contributed by atoms with E-state index in [1.807, 2.05) is 12.1 Å². The van der Waals surface area contributed by atoms with E-state index in [0.717, 1.165) is 31.5 Å². The third kappa shape index (κ3) is 2.77. The van der Waals surface area contributed by atoms with Crippen LogP contribution in [0.5, 0.6) is 0 Å². The summed E-state index contributed by atoms with van der Waals surface area (Å²) in [5, 5.41) is 9.07. The van der Waals surface area contributed by atoms with Crippen LogP contribution in [0.2, 0.25) is 0 Å². The smallest absolute Gasteiger partial charge is 0.335 e. The summed E-state index contributed by atoms with van der Waals surface area (Å²) in [6, 6.07) is 13.9. The number of benzene rings is 2. The first-order valence-electron chi connectivity index (χ1n) is 7.36. The van der Waals surface area contributed by atoms with E-state index in [0.29, 0.717) is 5.56 Å². The van der Waals surface area contributed by atoms with Gasteiger partial charge in [0.1, 0.15) is 0 Å². The lowest BCUT2D eigenvalue weighted by molar-refractivity contribution is 0.0696. The minimum absolute atomic E-state index is 0.355. The zero-order valence-corrected chi connectivity index (χ0v) is 12.2. The summed E-state index contributed by atoms with van der Waals surface area (Å²) in [5.41, 5.74) is 5.47. The molecule has 0 aliphatic carbocycles. The van der Waals surface area contributed by atoms with Crippen molar-refractivity contribution in [3.8, 4) is 0 Å². The van der Waals surface area contributed by atoms with Crippen LogP contribution in [0.3, 0.4) is 0 Å². The van der Waals surface area contributed by atoms with Crippen molar-refractivity contribution in [3.05, 3.63) is 64.7 Å². The molecule has 0 saturated heterocycles. The molecule has 1 aliphatic rings. The molecule has 0 amide bonds. The van der Waals surface area contributed by atoms with Crippen LogP contribution in [0.15, 0.2) is 42.5 Å². The maximum absolute atomic E-state index is 11.0. The molecule has 108 valence electrons. The van der Waals surface area contributed by atoms with E-state index in [1.165, 1.54) is 16.8 Å². The van der Waals surface area contributed by atoms with Crippen LogP contribution in [0, 0.1) is 0 Å². The Hall–Kier alpha value is -2.29. The maximum atomic E-state index is 11.0. The van der Waals surface area contributed by atoms with Crippen LogP contribution in [0.1, 0.15) is 34.0 Å². The Balaban J connectivity index is 1.82. The van der Waals surface area contributed by atoms with Crippen LogP contribution < -0.4 is 4.90 Å². The zero-order valence-electron chi connectivity index (χ0n) is 12.2. The average molecular weight is 281 g/mol. The standard InChI is InChI=1S/C18H19NO2/c1-2-13-6-7-17-15(10-13)8-9-19(17)12-14-4-3-5-16(11-14)18(20)21/h3-7,10-11H,2,8-9,12H2,1H3,(H,20,21). The number of rotatable bonds is 4. The molecular weight excluding hydrogens is 262 g/mol. The van der Waals surface area contributed by atoms with E-state index in [1.54, 1.807) is 12.1 Å². The number of hydrogen-bond donors (Lipinski definition) is 1. The zero-order chi connectivity index (χ0) is 14.8. The van der Waals surface area contributed by atoms with Crippen LogP contribution in [0.25, 0.3) is 0 Å². The van der Waals surface area contributed by atoms with Crippen molar-refractivity contribution in [2.24, 2.45) is 0 Å². The molecule has 2 aromatic carbocycles. The Morgan fingerprint density at radius 2 is 2.05 bits per heavy atom. The lowest BCUT2D eigenvalue weighted by Gasteiger charge is -2.20. The molecule has 21 heavy (non-hydrogen) atoms. The van der Waals surface area contributed by atoms with Gasteiger partial charge in [0.25, 0.3) is 0 Å². The highest BCUT2D eigenvalue weighted by Gasteiger charge is 2.19. The lowest BCUT2D eigenvalue weighted by atomic mass is 10.1. The van der Waals surface area contributed by atoms with Gasteiger partial charge in [0.15, 0.2) is 0 Å². The molecule has 2 aromatic rings.